The predicted molar refractivity (Wildman–Crippen MR) is 93.7 cm³/mol. The van der Waals surface area contributed by atoms with Crippen molar-refractivity contribution in [2.24, 2.45) is 0 Å². The van der Waals surface area contributed by atoms with Crippen LogP contribution in [0.2, 0.25) is 0 Å². The summed E-state index contributed by atoms with van der Waals surface area (Å²) in [6.45, 7) is 1.57. The first-order valence-electron chi connectivity index (χ1n) is 7.28. The summed E-state index contributed by atoms with van der Waals surface area (Å²) in [6, 6.07) is 7.45. The van der Waals surface area contributed by atoms with E-state index in [9.17, 15) is 28.7 Å². The second-order valence-corrected chi connectivity index (χ2v) is 7.16. The van der Waals surface area contributed by atoms with Crippen molar-refractivity contribution >= 4 is 32.3 Å². The molecule has 0 amide bonds. The van der Waals surface area contributed by atoms with Gasteiger partial charge in [-0.3, -0.25) is 14.8 Å². The maximum atomic E-state index is 12.5. The first kappa shape index (κ1) is 17.4. The minimum absolute atomic E-state index is 0.0680. The largest absolute Gasteiger partial charge is 0.507 e. The highest BCUT2D eigenvalue weighted by Crippen LogP contribution is 2.36. The summed E-state index contributed by atoms with van der Waals surface area (Å²) in [5.41, 5.74) is -0.0225. The number of non-ortho nitro benzene ring substituents is 1. The number of nitro groups is 1. The van der Waals surface area contributed by atoms with E-state index in [-0.39, 0.29) is 27.6 Å². The molecule has 1 heterocycles. The number of rotatable bonds is 4. The van der Waals surface area contributed by atoms with E-state index in [0.29, 0.717) is 10.9 Å². The third-order valence-corrected chi connectivity index (χ3v) is 5.19. The number of aromatic nitrogens is 1. The van der Waals surface area contributed by atoms with Gasteiger partial charge in [-0.1, -0.05) is 6.07 Å². The van der Waals surface area contributed by atoms with Crippen LogP contribution < -0.4 is 4.72 Å². The van der Waals surface area contributed by atoms with Gasteiger partial charge < -0.3 is 10.2 Å². The maximum absolute atomic E-state index is 12.5. The number of pyridine rings is 1. The van der Waals surface area contributed by atoms with E-state index in [4.69, 9.17) is 0 Å². The summed E-state index contributed by atoms with van der Waals surface area (Å²) in [7, 11) is -4.15. The molecular weight excluding hydrogens is 362 g/mol. The average molecular weight is 375 g/mol. The van der Waals surface area contributed by atoms with Gasteiger partial charge in [-0.25, -0.2) is 13.4 Å². The van der Waals surface area contributed by atoms with Crippen LogP contribution in [-0.2, 0) is 10.0 Å². The molecule has 26 heavy (non-hydrogen) atoms. The molecule has 0 aliphatic carbocycles. The third-order valence-electron chi connectivity index (χ3n) is 3.85. The van der Waals surface area contributed by atoms with Crippen LogP contribution in [0.4, 0.5) is 11.5 Å². The van der Waals surface area contributed by atoms with E-state index in [1.807, 2.05) is 0 Å². The molecule has 3 aromatic rings. The molecule has 0 saturated carbocycles. The fourth-order valence-corrected chi connectivity index (χ4v) is 3.55. The van der Waals surface area contributed by atoms with Crippen molar-refractivity contribution in [2.75, 3.05) is 4.72 Å². The molecule has 0 unspecified atom stereocenters. The topological polar surface area (TPSA) is 143 Å². The SMILES string of the molecule is Cc1c(O)cc([N+](=O)[O-])c2cc(S(=O)(=O)Nc3ncccc3O)ccc12. The molecule has 2 aromatic carbocycles. The van der Waals surface area contributed by atoms with Crippen molar-refractivity contribution in [3.63, 3.8) is 0 Å². The van der Waals surface area contributed by atoms with Gasteiger partial charge in [0.05, 0.1) is 21.3 Å². The van der Waals surface area contributed by atoms with E-state index in [1.54, 1.807) is 6.92 Å². The summed E-state index contributed by atoms with van der Waals surface area (Å²) in [5.74, 6) is -0.871. The van der Waals surface area contributed by atoms with E-state index in [0.717, 1.165) is 12.1 Å². The lowest BCUT2D eigenvalue weighted by molar-refractivity contribution is -0.383. The smallest absolute Gasteiger partial charge is 0.280 e. The summed E-state index contributed by atoms with van der Waals surface area (Å²) < 4.78 is 27.2. The van der Waals surface area contributed by atoms with Crippen molar-refractivity contribution in [1.29, 1.82) is 0 Å². The summed E-state index contributed by atoms with van der Waals surface area (Å²) in [6.07, 6.45) is 1.30. The lowest BCUT2D eigenvalue weighted by Gasteiger charge is -2.11. The molecule has 0 aliphatic heterocycles. The number of aryl methyl sites for hydroxylation is 1. The molecule has 0 spiro atoms. The maximum Gasteiger partial charge on any atom is 0.280 e. The molecule has 134 valence electrons. The Balaban J connectivity index is 2.17. The molecular formula is C16H13N3O6S. The van der Waals surface area contributed by atoms with Gasteiger partial charge in [0.25, 0.3) is 15.7 Å². The number of phenolic OH excluding ortho intramolecular Hbond substituents is 1. The van der Waals surface area contributed by atoms with Crippen LogP contribution in [0.15, 0.2) is 47.5 Å². The Morgan fingerprint density at radius 3 is 2.50 bits per heavy atom. The van der Waals surface area contributed by atoms with Gasteiger partial charge in [0.15, 0.2) is 11.6 Å². The number of anilines is 1. The zero-order valence-corrected chi connectivity index (χ0v) is 14.2. The van der Waals surface area contributed by atoms with Crippen LogP contribution in [0.3, 0.4) is 0 Å². The normalized spacial score (nSPS) is 11.4. The molecule has 0 atom stereocenters. The minimum atomic E-state index is -4.15. The Bertz CT molecular complexity index is 1140. The number of sulfonamides is 1. The Labute approximate surface area is 147 Å². The first-order chi connectivity index (χ1) is 12.2. The Kier molecular flexibility index (Phi) is 4.12. The Morgan fingerprint density at radius 1 is 1.12 bits per heavy atom. The molecule has 9 nitrogen and oxygen atoms in total. The fourth-order valence-electron chi connectivity index (χ4n) is 2.50. The van der Waals surface area contributed by atoms with E-state index in [1.165, 1.54) is 30.5 Å². The van der Waals surface area contributed by atoms with Crippen molar-refractivity contribution in [3.8, 4) is 11.5 Å². The van der Waals surface area contributed by atoms with Crippen LogP contribution in [0, 0.1) is 17.0 Å². The summed E-state index contributed by atoms with van der Waals surface area (Å²) >= 11 is 0. The van der Waals surface area contributed by atoms with Gasteiger partial charge in [0.2, 0.25) is 0 Å². The van der Waals surface area contributed by atoms with Gasteiger partial charge >= 0.3 is 0 Å². The highest BCUT2D eigenvalue weighted by molar-refractivity contribution is 7.92. The van der Waals surface area contributed by atoms with Crippen LogP contribution in [-0.4, -0.2) is 28.5 Å². The number of hydrogen-bond acceptors (Lipinski definition) is 7. The van der Waals surface area contributed by atoms with E-state index < -0.39 is 20.6 Å². The number of benzene rings is 2. The van der Waals surface area contributed by atoms with Crippen LogP contribution in [0.25, 0.3) is 10.8 Å². The summed E-state index contributed by atoms with van der Waals surface area (Å²) in [5, 5.41) is 31.2. The fraction of sp³-hybridized carbons (Fsp3) is 0.0625. The lowest BCUT2D eigenvalue weighted by Crippen LogP contribution is -2.14. The highest BCUT2D eigenvalue weighted by Gasteiger charge is 2.22. The molecule has 0 fully saturated rings. The van der Waals surface area contributed by atoms with Gasteiger partial charge in [-0.15, -0.1) is 0 Å². The van der Waals surface area contributed by atoms with Crippen molar-refractivity contribution < 1.29 is 23.6 Å². The van der Waals surface area contributed by atoms with Gasteiger partial charge in [0, 0.05) is 6.20 Å². The second-order valence-electron chi connectivity index (χ2n) is 5.48. The molecule has 10 heteroatoms. The van der Waals surface area contributed by atoms with Gasteiger partial charge in [-0.2, -0.15) is 0 Å². The minimum Gasteiger partial charge on any atom is -0.507 e. The summed E-state index contributed by atoms with van der Waals surface area (Å²) in [4.78, 5) is 14.1. The standard InChI is InChI=1S/C16H13N3O6S/c1-9-11-5-4-10(7-12(11)13(19(22)23)8-15(9)21)26(24,25)18-16-14(20)3-2-6-17-16/h2-8,20-21H,1H3,(H,17,18). The zero-order valence-electron chi connectivity index (χ0n) is 13.4. The zero-order chi connectivity index (χ0) is 19.1. The second kappa shape index (κ2) is 6.15. The molecule has 3 rings (SSSR count). The highest BCUT2D eigenvalue weighted by atomic mass is 32.2. The Hall–Kier alpha value is -3.40. The number of nitro benzene ring substituents is 1. The van der Waals surface area contributed by atoms with Crippen LogP contribution in [0.5, 0.6) is 11.5 Å². The van der Waals surface area contributed by atoms with Crippen molar-refractivity contribution in [1.82, 2.24) is 4.98 Å². The number of nitrogens with zero attached hydrogens (tertiary/aromatic N) is 2. The number of fused-ring (bicyclic) bond motifs is 1. The monoisotopic (exact) mass is 375 g/mol. The molecule has 0 radical (unpaired) electrons. The van der Waals surface area contributed by atoms with E-state index >= 15 is 0 Å². The van der Waals surface area contributed by atoms with Crippen LogP contribution >= 0.6 is 0 Å². The molecule has 0 saturated heterocycles. The number of nitrogens with one attached hydrogen (secondary N) is 1. The quantitative estimate of drug-likeness (QED) is 0.470. The lowest BCUT2D eigenvalue weighted by atomic mass is 10.0. The number of phenols is 1. The number of hydrogen-bond donors (Lipinski definition) is 3. The van der Waals surface area contributed by atoms with E-state index in [2.05, 4.69) is 9.71 Å². The molecule has 1 aromatic heterocycles. The van der Waals surface area contributed by atoms with Crippen molar-refractivity contribution in [3.05, 3.63) is 58.3 Å². The van der Waals surface area contributed by atoms with Crippen LogP contribution in [0.1, 0.15) is 5.56 Å². The Morgan fingerprint density at radius 2 is 1.85 bits per heavy atom. The molecule has 0 aliphatic rings. The van der Waals surface area contributed by atoms with Gasteiger partial charge in [0.1, 0.15) is 5.75 Å². The average Bonchev–Trinajstić information content (AvgIpc) is 2.59. The van der Waals surface area contributed by atoms with Gasteiger partial charge in [-0.05, 0) is 42.1 Å². The predicted octanol–water partition coefficient (Wildman–Crippen LogP) is 2.66. The number of aromatic hydroxyl groups is 2. The van der Waals surface area contributed by atoms with Crippen molar-refractivity contribution in [2.45, 2.75) is 11.8 Å². The third kappa shape index (κ3) is 2.97. The molecule has 0 bridgehead atoms. The first-order valence-corrected chi connectivity index (χ1v) is 8.76. The molecule has 3 N–H and O–H groups in total.